The van der Waals surface area contributed by atoms with Crippen molar-refractivity contribution in [1.29, 1.82) is 0 Å². The van der Waals surface area contributed by atoms with Gasteiger partial charge in [-0.3, -0.25) is 4.79 Å². The number of amides is 1. The Hall–Kier alpha value is -1.79. The van der Waals surface area contributed by atoms with Crippen LogP contribution in [0.5, 0.6) is 0 Å². The predicted molar refractivity (Wildman–Crippen MR) is 90.7 cm³/mol. The van der Waals surface area contributed by atoms with Crippen LogP contribution in [0.1, 0.15) is 16.8 Å². The van der Waals surface area contributed by atoms with Gasteiger partial charge in [0.05, 0.1) is 10.6 Å². The molecule has 0 saturated heterocycles. The molecule has 2 rings (SSSR count). The molecule has 1 amide bonds. The van der Waals surface area contributed by atoms with Gasteiger partial charge in [-0.25, -0.2) is 9.97 Å². The molecule has 0 atom stereocenters. The first kappa shape index (κ1) is 16.6. The summed E-state index contributed by atoms with van der Waals surface area (Å²) in [5, 5.41) is 6.41. The summed E-state index contributed by atoms with van der Waals surface area (Å²) < 4.78 is 0. The smallest absolute Gasteiger partial charge is 0.252 e. The van der Waals surface area contributed by atoms with E-state index >= 15 is 0 Å². The molecule has 0 aliphatic heterocycles. The quantitative estimate of drug-likeness (QED) is 0.601. The molecule has 22 heavy (non-hydrogen) atoms. The van der Waals surface area contributed by atoms with Crippen LogP contribution in [0.25, 0.3) is 0 Å². The Balaban J connectivity index is 1.76. The van der Waals surface area contributed by atoms with Crippen molar-refractivity contribution >= 4 is 35.2 Å². The second-order valence-corrected chi connectivity index (χ2v) is 5.74. The topological polar surface area (TPSA) is 66.9 Å². The van der Waals surface area contributed by atoms with E-state index in [0.29, 0.717) is 29.6 Å². The molecule has 0 bridgehead atoms. The SMILES string of the molecule is CSc1ccc(Cl)c(C(=O)NCCCNc2ncccn2)c1. The number of nitrogens with zero attached hydrogens (tertiary/aromatic N) is 2. The van der Waals surface area contributed by atoms with Gasteiger partial charge in [0, 0.05) is 30.4 Å². The summed E-state index contributed by atoms with van der Waals surface area (Å²) in [5.74, 6) is 0.432. The Morgan fingerprint density at radius 2 is 2.05 bits per heavy atom. The van der Waals surface area contributed by atoms with Gasteiger partial charge in [0.2, 0.25) is 5.95 Å². The second-order valence-electron chi connectivity index (χ2n) is 4.45. The molecule has 1 aromatic heterocycles. The molecule has 0 aliphatic carbocycles. The third-order valence-electron chi connectivity index (χ3n) is 2.91. The van der Waals surface area contributed by atoms with E-state index in [2.05, 4.69) is 20.6 Å². The van der Waals surface area contributed by atoms with E-state index in [0.717, 1.165) is 11.3 Å². The number of hydrogen-bond acceptors (Lipinski definition) is 5. The van der Waals surface area contributed by atoms with Crippen LogP contribution in [-0.4, -0.2) is 35.2 Å². The van der Waals surface area contributed by atoms with E-state index in [9.17, 15) is 4.79 Å². The van der Waals surface area contributed by atoms with Crippen LogP contribution in [0.15, 0.2) is 41.6 Å². The summed E-state index contributed by atoms with van der Waals surface area (Å²) in [6.07, 6.45) is 6.09. The van der Waals surface area contributed by atoms with E-state index in [1.807, 2.05) is 12.3 Å². The van der Waals surface area contributed by atoms with Crippen molar-refractivity contribution in [3.8, 4) is 0 Å². The summed E-state index contributed by atoms with van der Waals surface area (Å²) in [4.78, 5) is 21.2. The summed E-state index contributed by atoms with van der Waals surface area (Å²) in [5.41, 5.74) is 0.507. The lowest BCUT2D eigenvalue weighted by Crippen LogP contribution is -2.26. The van der Waals surface area contributed by atoms with Gasteiger partial charge in [0.25, 0.3) is 5.91 Å². The van der Waals surface area contributed by atoms with Crippen LogP contribution in [0.3, 0.4) is 0 Å². The number of carbonyl (C=O) groups is 1. The fraction of sp³-hybridized carbons (Fsp3) is 0.267. The molecular weight excluding hydrogens is 320 g/mol. The van der Waals surface area contributed by atoms with Gasteiger partial charge >= 0.3 is 0 Å². The lowest BCUT2D eigenvalue weighted by Gasteiger charge is -2.08. The number of thioether (sulfide) groups is 1. The maximum Gasteiger partial charge on any atom is 0.252 e. The molecule has 116 valence electrons. The highest BCUT2D eigenvalue weighted by molar-refractivity contribution is 7.98. The average Bonchev–Trinajstić information content (AvgIpc) is 2.55. The minimum Gasteiger partial charge on any atom is -0.354 e. The van der Waals surface area contributed by atoms with E-state index < -0.39 is 0 Å². The summed E-state index contributed by atoms with van der Waals surface area (Å²) in [6.45, 7) is 1.24. The van der Waals surface area contributed by atoms with Crippen molar-refractivity contribution in [3.05, 3.63) is 47.2 Å². The fourth-order valence-corrected chi connectivity index (χ4v) is 2.42. The zero-order valence-corrected chi connectivity index (χ0v) is 13.7. The Morgan fingerprint density at radius 1 is 1.27 bits per heavy atom. The first-order chi connectivity index (χ1) is 10.7. The predicted octanol–water partition coefficient (Wildman–Crippen LogP) is 3.08. The molecule has 0 fully saturated rings. The highest BCUT2D eigenvalue weighted by Gasteiger charge is 2.10. The zero-order chi connectivity index (χ0) is 15.8. The van der Waals surface area contributed by atoms with E-state index in [1.54, 1.807) is 42.4 Å². The van der Waals surface area contributed by atoms with Crippen molar-refractivity contribution < 1.29 is 4.79 Å². The molecule has 1 heterocycles. The normalized spacial score (nSPS) is 10.3. The molecule has 5 nitrogen and oxygen atoms in total. The number of carbonyl (C=O) groups excluding carboxylic acids is 1. The number of halogens is 1. The van der Waals surface area contributed by atoms with Crippen molar-refractivity contribution in [2.75, 3.05) is 24.7 Å². The van der Waals surface area contributed by atoms with Gasteiger partial charge in [-0.15, -0.1) is 11.8 Å². The number of nitrogens with one attached hydrogen (secondary N) is 2. The van der Waals surface area contributed by atoms with Gasteiger partial charge in [-0.2, -0.15) is 0 Å². The van der Waals surface area contributed by atoms with Gasteiger partial charge in [0.1, 0.15) is 0 Å². The lowest BCUT2D eigenvalue weighted by atomic mass is 10.2. The molecule has 0 radical (unpaired) electrons. The lowest BCUT2D eigenvalue weighted by molar-refractivity contribution is 0.0953. The molecule has 1 aromatic carbocycles. The van der Waals surface area contributed by atoms with Crippen LogP contribution in [0.4, 0.5) is 5.95 Å². The molecule has 0 spiro atoms. The molecule has 2 N–H and O–H groups in total. The highest BCUT2D eigenvalue weighted by Crippen LogP contribution is 2.22. The van der Waals surface area contributed by atoms with Crippen LogP contribution in [-0.2, 0) is 0 Å². The zero-order valence-electron chi connectivity index (χ0n) is 12.2. The van der Waals surface area contributed by atoms with Gasteiger partial charge in [-0.1, -0.05) is 11.6 Å². The Kier molecular flexibility index (Phi) is 6.48. The number of anilines is 1. The van der Waals surface area contributed by atoms with E-state index in [1.165, 1.54) is 0 Å². The van der Waals surface area contributed by atoms with Crippen molar-refractivity contribution in [3.63, 3.8) is 0 Å². The van der Waals surface area contributed by atoms with Crippen molar-refractivity contribution in [1.82, 2.24) is 15.3 Å². The molecule has 7 heteroatoms. The Labute approximate surface area is 138 Å². The Bertz CT molecular complexity index is 624. The molecule has 0 aliphatic rings. The van der Waals surface area contributed by atoms with Crippen LogP contribution in [0.2, 0.25) is 5.02 Å². The van der Waals surface area contributed by atoms with Crippen LogP contribution in [0, 0.1) is 0 Å². The number of benzene rings is 1. The van der Waals surface area contributed by atoms with Gasteiger partial charge in [0.15, 0.2) is 0 Å². The van der Waals surface area contributed by atoms with Gasteiger partial charge < -0.3 is 10.6 Å². The summed E-state index contributed by atoms with van der Waals surface area (Å²) in [7, 11) is 0. The maximum absolute atomic E-state index is 12.1. The van der Waals surface area contributed by atoms with Crippen molar-refractivity contribution in [2.24, 2.45) is 0 Å². The minimum absolute atomic E-state index is 0.156. The first-order valence-corrected chi connectivity index (χ1v) is 8.43. The van der Waals surface area contributed by atoms with Crippen LogP contribution < -0.4 is 10.6 Å². The second kappa shape index (κ2) is 8.60. The third kappa shape index (κ3) is 4.89. The summed E-state index contributed by atoms with van der Waals surface area (Å²) in [6, 6.07) is 7.21. The van der Waals surface area contributed by atoms with Gasteiger partial charge in [-0.05, 0) is 36.9 Å². The minimum atomic E-state index is -0.156. The molecular formula is C15H17ClN4OS. The third-order valence-corrected chi connectivity index (χ3v) is 3.96. The maximum atomic E-state index is 12.1. The van der Waals surface area contributed by atoms with E-state index in [-0.39, 0.29) is 5.91 Å². The highest BCUT2D eigenvalue weighted by atomic mass is 35.5. The average molecular weight is 337 g/mol. The molecule has 2 aromatic rings. The number of aromatic nitrogens is 2. The standard InChI is InChI=1S/C15H17ClN4OS/c1-22-11-4-5-13(16)12(10-11)14(21)17-6-2-7-18-15-19-8-3-9-20-15/h3-5,8-10H,2,6-7H2,1H3,(H,17,21)(H,18,19,20). The van der Waals surface area contributed by atoms with E-state index in [4.69, 9.17) is 11.6 Å². The van der Waals surface area contributed by atoms with Crippen LogP contribution >= 0.6 is 23.4 Å². The number of hydrogen-bond donors (Lipinski definition) is 2. The first-order valence-electron chi connectivity index (χ1n) is 6.83. The number of rotatable bonds is 7. The van der Waals surface area contributed by atoms with Crippen molar-refractivity contribution in [2.45, 2.75) is 11.3 Å². The largest absolute Gasteiger partial charge is 0.354 e. The molecule has 0 saturated carbocycles. The monoisotopic (exact) mass is 336 g/mol. The fourth-order valence-electron chi connectivity index (χ4n) is 1.78. The molecule has 0 unspecified atom stereocenters. The summed E-state index contributed by atoms with van der Waals surface area (Å²) >= 11 is 7.65. The Morgan fingerprint density at radius 3 is 2.77 bits per heavy atom.